The summed E-state index contributed by atoms with van der Waals surface area (Å²) in [5.74, 6) is -1.21. The van der Waals surface area contributed by atoms with Crippen LogP contribution in [0.5, 0.6) is 0 Å². The molecule has 1 aromatic carbocycles. The minimum atomic E-state index is -1.10. The molecule has 0 radical (unpaired) electrons. The second-order valence-electron chi connectivity index (χ2n) is 6.07. The molecule has 4 heteroatoms. The zero-order chi connectivity index (χ0) is 15.1. The lowest BCUT2D eigenvalue weighted by Gasteiger charge is -2.22. The molecule has 1 N–H and O–H groups in total. The molecular formula is C16H19NO3. The van der Waals surface area contributed by atoms with Crippen LogP contribution in [0.25, 0.3) is 11.3 Å². The maximum absolute atomic E-state index is 11.2. The molecule has 20 heavy (non-hydrogen) atoms. The van der Waals surface area contributed by atoms with Crippen LogP contribution in [0.15, 0.2) is 22.9 Å². The summed E-state index contributed by atoms with van der Waals surface area (Å²) in [5.41, 5.74) is 4.51. The number of carboxylic acid groups (broad SMARTS) is 1. The van der Waals surface area contributed by atoms with Crippen LogP contribution in [0.2, 0.25) is 0 Å². The van der Waals surface area contributed by atoms with Gasteiger partial charge in [0.15, 0.2) is 6.39 Å². The SMILES string of the molecule is Cc1cc(C(C)(C)C)cc(C)c1-c1ncoc1C(=O)O. The van der Waals surface area contributed by atoms with E-state index in [1.165, 1.54) is 12.0 Å². The minimum absolute atomic E-state index is 0.0491. The molecule has 0 unspecified atom stereocenters. The molecule has 4 nitrogen and oxygen atoms in total. The van der Waals surface area contributed by atoms with Crippen LogP contribution < -0.4 is 0 Å². The Balaban J connectivity index is 2.65. The van der Waals surface area contributed by atoms with Gasteiger partial charge in [0.1, 0.15) is 5.69 Å². The number of aryl methyl sites for hydroxylation is 2. The largest absolute Gasteiger partial charge is 0.475 e. The van der Waals surface area contributed by atoms with E-state index in [1.54, 1.807) is 0 Å². The number of nitrogens with zero attached hydrogens (tertiary/aromatic N) is 1. The summed E-state index contributed by atoms with van der Waals surface area (Å²) < 4.78 is 4.98. The third-order valence-corrected chi connectivity index (χ3v) is 3.40. The molecule has 1 aromatic heterocycles. The van der Waals surface area contributed by atoms with Gasteiger partial charge in [-0.2, -0.15) is 0 Å². The van der Waals surface area contributed by atoms with E-state index in [-0.39, 0.29) is 11.2 Å². The standard InChI is InChI=1S/C16H19NO3/c1-9-6-11(16(3,4)5)7-10(2)12(9)13-14(15(18)19)20-8-17-13/h6-8H,1-5H3,(H,18,19). The highest BCUT2D eigenvalue weighted by atomic mass is 16.4. The fraction of sp³-hybridized carbons (Fsp3) is 0.375. The van der Waals surface area contributed by atoms with Gasteiger partial charge in [0.05, 0.1) is 0 Å². The van der Waals surface area contributed by atoms with E-state index < -0.39 is 5.97 Å². The number of oxazole rings is 1. The number of carbonyl (C=O) groups is 1. The topological polar surface area (TPSA) is 63.3 Å². The number of aromatic nitrogens is 1. The number of hydrogen-bond acceptors (Lipinski definition) is 3. The van der Waals surface area contributed by atoms with Crippen LogP contribution in [-0.2, 0) is 5.41 Å². The Morgan fingerprint density at radius 2 is 1.75 bits per heavy atom. The van der Waals surface area contributed by atoms with E-state index in [4.69, 9.17) is 9.52 Å². The Morgan fingerprint density at radius 3 is 2.20 bits per heavy atom. The molecule has 0 fully saturated rings. The van der Waals surface area contributed by atoms with Crippen LogP contribution in [0.1, 0.15) is 48.0 Å². The predicted octanol–water partition coefficient (Wildman–Crippen LogP) is 3.95. The van der Waals surface area contributed by atoms with Crippen LogP contribution in [0, 0.1) is 13.8 Å². The van der Waals surface area contributed by atoms with E-state index in [0.29, 0.717) is 5.69 Å². The van der Waals surface area contributed by atoms with E-state index in [9.17, 15) is 4.79 Å². The normalized spacial score (nSPS) is 11.7. The van der Waals surface area contributed by atoms with Crippen molar-refractivity contribution in [1.29, 1.82) is 0 Å². The zero-order valence-corrected chi connectivity index (χ0v) is 12.4. The van der Waals surface area contributed by atoms with E-state index in [1.807, 2.05) is 13.8 Å². The van der Waals surface area contributed by atoms with Crippen molar-refractivity contribution in [1.82, 2.24) is 4.98 Å². The first-order valence-corrected chi connectivity index (χ1v) is 6.50. The lowest BCUT2D eigenvalue weighted by Crippen LogP contribution is -2.12. The second-order valence-corrected chi connectivity index (χ2v) is 6.07. The number of rotatable bonds is 2. The average Bonchev–Trinajstić information content (AvgIpc) is 2.75. The fourth-order valence-corrected chi connectivity index (χ4v) is 2.35. The summed E-state index contributed by atoms with van der Waals surface area (Å²) in [6, 6.07) is 4.17. The highest BCUT2D eigenvalue weighted by Crippen LogP contribution is 2.33. The van der Waals surface area contributed by atoms with Crippen LogP contribution in [0.4, 0.5) is 0 Å². The summed E-state index contributed by atoms with van der Waals surface area (Å²) in [7, 11) is 0. The molecule has 0 amide bonds. The van der Waals surface area contributed by atoms with Gasteiger partial charge in [0.25, 0.3) is 0 Å². The summed E-state index contributed by atoms with van der Waals surface area (Å²) in [6.07, 6.45) is 1.18. The fourth-order valence-electron chi connectivity index (χ4n) is 2.35. The van der Waals surface area contributed by atoms with Gasteiger partial charge in [0.2, 0.25) is 5.76 Å². The number of hydrogen-bond donors (Lipinski definition) is 1. The van der Waals surface area contributed by atoms with Crippen molar-refractivity contribution in [3.8, 4) is 11.3 Å². The maximum atomic E-state index is 11.2. The van der Waals surface area contributed by atoms with Crippen molar-refractivity contribution >= 4 is 5.97 Å². The third-order valence-electron chi connectivity index (χ3n) is 3.40. The summed E-state index contributed by atoms with van der Waals surface area (Å²) >= 11 is 0. The molecule has 0 spiro atoms. The maximum Gasteiger partial charge on any atom is 0.374 e. The molecule has 0 aliphatic carbocycles. The first-order valence-electron chi connectivity index (χ1n) is 6.50. The molecular weight excluding hydrogens is 254 g/mol. The van der Waals surface area contributed by atoms with Crippen molar-refractivity contribution in [2.24, 2.45) is 0 Å². The predicted molar refractivity (Wildman–Crippen MR) is 77.1 cm³/mol. The van der Waals surface area contributed by atoms with Crippen molar-refractivity contribution in [3.05, 3.63) is 41.0 Å². The first kappa shape index (κ1) is 14.3. The Morgan fingerprint density at radius 1 is 1.20 bits per heavy atom. The van der Waals surface area contributed by atoms with Crippen LogP contribution >= 0.6 is 0 Å². The zero-order valence-electron chi connectivity index (χ0n) is 12.4. The van der Waals surface area contributed by atoms with Crippen molar-refractivity contribution in [2.75, 3.05) is 0 Å². The lowest BCUT2D eigenvalue weighted by atomic mass is 9.83. The number of aromatic carboxylic acids is 1. The quantitative estimate of drug-likeness (QED) is 0.899. The first-order chi connectivity index (χ1) is 9.21. The smallest absolute Gasteiger partial charge is 0.374 e. The van der Waals surface area contributed by atoms with Gasteiger partial charge in [-0.15, -0.1) is 0 Å². The van der Waals surface area contributed by atoms with Gasteiger partial charge < -0.3 is 9.52 Å². The van der Waals surface area contributed by atoms with Crippen molar-refractivity contribution in [2.45, 2.75) is 40.0 Å². The van der Waals surface area contributed by atoms with Crippen LogP contribution in [-0.4, -0.2) is 16.1 Å². The molecule has 0 aliphatic heterocycles. The average molecular weight is 273 g/mol. The summed E-state index contributed by atoms with van der Waals surface area (Å²) in [6.45, 7) is 10.4. The van der Waals surface area contributed by atoms with E-state index in [2.05, 4.69) is 37.9 Å². The molecule has 106 valence electrons. The monoisotopic (exact) mass is 273 g/mol. The summed E-state index contributed by atoms with van der Waals surface area (Å²) in [5, 5.41) is 9.15. The highest BCUT2D eigenvalue weighted by Gasteiger charge is 2.22. The Kier molecular flexibility index (Phi) is 3.42. The molecule has 0 saturated heterocycles. The van der Waals surface area contributed by atoms with E-state index in [0.717, 1.165) is 16.7 Å². The molecule has 0 bridgehead atoms. The summed E-state index contributed by atoms with van der Waals surface area (Å²) in [4.78, 5) is 15.2. The van der Waals surface area contributed by atoms with Crippen LogP contribution in [0.3, 0.4) is 0 Å². The Bertz CT molecular complexity index is 640. The Hall–Kier alpha value is -2.10. The van der Waals surface area contributed by atoms with Gasteiger partial charge in [-0.3, -0.25) is 0 Å². The molecule has 2 aromatic rings. The van der Waals surface area contributed by atoms with E-state index >= 15 is 0 Å². The number of carboxylic acids is 1. The van der Waals surface area contributed by atoms with Gasteiger partial charge in [0, 0.05) is 5.56 Å². The van der Waals surface area contributed by atoms with Gasteiger partial charge >= 0.3 is 5.97 Å². The highest BCUT2D eigenvalue weighted by molar-refractivity contribution is 5.92. The van der Waals surface area contributed by atoms with Crippen molar-refractivity contribution in [3.63, 3.8) is 0 Å². The molecule has 2 rings (SSSR count). The van der Waals surface area contributed by atoms with Gasteiger partial charge in [-0.1, -0.05) is 32.9 Å². The molecule has 0 atom stereocenters. The molecule has 0 saturated carbocycles. The minimum Gasteiger partial charge on any atom is -0.475 e. The molecule has 0 aliphatic rings. The second kappa shape index (κ2) is 4.78. The lowest BCUT2D eigenvalue weighted by molar-refractivity contribution is 0.0663. The van der Waals surface area contributed by atoms with Gasteiger partial charge in [-0.05, 0) is 36.0 Å². The van der Waals surface area contributed by atoms with Gasteiger partial charge in [-0.25, -0.2) is 9.78 Å². The van der Waals surface area contributed by atoms with Crippen molar-refractivity contribution < 1.29 is 14.3 Å². The number of benzene rings is 1. The third kappa shape index (κ3) is 2.46. The molecule has 1 heterocycles. The Labute approximate surface area is 118 Å².